The molecule has 0 spiro atoms. The van der Waals surface area contributed by atoms with Crippen molar-refractivity contribution in [2.45, 2.75) is 65.9 Å². The smallest absolute Gasteiger partial charge is 0.302 e. The van der Waals surface area contributed by atoms with Crippen molar-refractivity contribution in [1.29, 1.82) is 0 Å². The van der Waals surface area contributed by atoms with Crippen molar-refractivity contribution < 1.29 is 28.5 Å². The summed E-state index contributed by atoms with van der Waals surface area (Å²) in [5.41, 5.74) is -0.277. The molecular weight excluding hydrogens is 420 g/mol. The van der Waals surface area contributed by atoms with Gasteiger partial charge in [-0.3, -0.25) is 9.59 Å². The lowest BCUT2D eigenvalue weighted by atomic mass is 9.66. The molecule has 2 aliphatic rings. The van der Waals surface area contributed by atoms with Crippen molar-refractivity contribution in [3.63, 3.8) is 0 Å². The van der Waals surface area contributed by atoms with Gasteiger partial charge in [0.05, 0.1) is 12.5 Å². The summed E-state index contributed by atoms with van der Waals surface area (Å²) in [7, 11) is 3.25. The predicted molar refractivity (Wildman–Crippen MR) is 129 cm³/mol. The van der Waals surface area contributed by atoms with E-state index in [0.29, 0.717) is 12.5 Å². The molecule has 0 bridgehead atoms. The van der Waals surface area contributed by atoms with Crippen molar-refractivity contribution in [1.82, 2.24) is 0 Å². The highest BCUT2D eigenvalue weighted by Gasteiger charge is 2.59. The summed E-state index contributed by atoms with van der Waals surface area (Å²) in [6.45, 7) is 14.6. The van der Waals surface area contributed by atoms with Gasteiger partial charge in [0.1, 0.15) is 24.8 Å². The molecule has 0 heterocycles. The molecule has 0 aliphatic heterocycles. The van der Waals surface area contributed by atoms with Gasteiger partial charge >= 0.3 is 5.97 Å². The number of hydrogen-bond donors (Lipinski definition) is 0. The lowest BCUT2D eigenvalue weighted by Crippen LogP contribution is -2.51. The van der Waals surface area contributed by atoms with E-state index in [1.54, 1.807) is 14.2 Å². The molecule has 0 saturated heterocycles. The van der Waals surface area contributed by atoms with E-state index in [1.807, 2.05) is 12.2 Å². The third-order valence-corrected chi connectivity index (χ3v) is 8.01. The fraction of sp³-hybridized carbons (Fsp3) is 0.778. The van der Waals surface area contributed by atoms with Crippen LogP contribution in [0.25, 0.3) is 0 Å². The van der Waals surface area contributed by atoms with Crippen LogP contribution in [0.15, 0.2) is 24.3 Å². The van der Waals surface area contributed by atoms with Crippen molar-refractivity contribution >= 4 is 11.8 Å². The van der Waals surface area contributed by atoms with Gasteiger partial charge < -0.3 is 18.9 Å². The Morgan fingerprint density at radius 1 is 1.15 bits per heavy atom. The maximum atomic E-state index is 14.6. The number of carbonyl (C=O) groups is 2. The second-order valence-corrected chi connectivity index (χ2v) is 10.4. The van der Waals surface area contributed by atoms with Gasteiger partial charge in [-0.25, -0.2) is 0 Å². The maximum absolute atomic E-state index is 14.6. The second-order valence-electron chi connectivity index (χ2n) is 10.4. The maximum Gasteiger partial charge on any atom is 0.302 e. The molecule has 0 aromatic heterocycles. The number of esters is 1. The van der Waals surface area contributed by atoms with Crippen LogP contribution in [-0.2, 0) is 28.5 Å². The number of ether oxygens (including phenoxy) is 4. The molecule has 6 heteroatoms. The summed E-state index contributed by atoms with van der Waals surface area (Å²) in [5, 5.41) is 0. The Hall–Kier alpha value is -1.50. The van der Waals surface area contributed by atoms with Crippen LogP contribution < -0.4 is 0 Å². The van der Waals surface area contributed by atoms with E-state index in [-0.39, 0.29) is 48.8 Å². The lowest BCUT2D eigenvalue weighted by Gasteiger charge is -2.41. The van der Waals surface area contributed by atoms with E-state index >= 15 is 0 Å². The van der Waals surface area contributed by atoms with Crippen LogP contribution in [0.1, 0.15) is 60.3 Å². The third-order valence-electron chi connectivity index (χ3n) is 8.01. The van der Waals surface area contributed by atoms with Crippen molar-refractivity contribution in [2.75, 3.05) is 34.2 Å². The summed E-state index contributed by atoms with van der Waals surface area (Å²) in [6.07, 6.45) is 7.24. The first-order valence-electron chi connectivity index (χ1n) is 12.2. The quantitative estimate of drug-likeness (QED) is 0.231. The molecule has 2 saturated carbocycles. The Balaban J connectivity index is 2.53. The molecule has 0 aromatic rings. The fourth-order valence-corrected chi connectivity index (χ4v) is 6.16. The fourth-order valence-electron chi connectivity index (χ4n) is 6.16. The van der Waals surface area contributed by atoms with Gasteiger partial charge in [0.2, 0.25) is 0 Å². The van der Waals surface area contributed by atoms with Crippen LogP contribution in [-0.4, -0.2) is 51.6 Å². The summed E-state index contributed by atoms with van der Waals surface area (Å²) >= 11 is 0. The molecule has 2 aliphatic carbocycles. The Labute approximate surface area is 200 Å². The van der Waals surface area contributed by atoms with Crippen molar-refractivity contribution in [3.8, 4) is 0 Å². The Morgan fingerprint density at radius 2 is 1.85 bits per heavy atom. The molecule has 33 heavy (non-hydrogen) atoms. The molecular formula is C27H44O6. The molecule has 2 fully saturated rings. The van der Waals surface area contributed by atoms with E-state index in [1.165, 1.54) is 6.92 Å². The molecule has 1 unspecified atom stereocenters. The van der Waals surface area contributed by atoms with E-state index in [9.17, 15) is 9.59 Å². The Morgan fingerprint density at radius 3 is 2.39 bits per heavy atom. The van der Waals surface area contributed by atoms with Crippen LogP contribution in [0.3, 0.4) is 0 Å². The van der Waals surface area contributed by atoms with Crippen molar-refractivity contribution in [3.05, 3.63) is 24.3 Å². The van der Waals surface area contributed by atoms with Gasteiger partial charge in [0.15, 0.2) is 0 Å². The van der Waals surface area contributed by atoms with Crippen molar-refractivity contribution in [2.24, 2.45) is 35.0 Å². The first-order chi connectivity index (χ1) is 15.6. The predicted octanol–water partition coefficient (Wildman–Crippen LogP) is 4.97. The number of allylic oxidation sites excluding steroid dienone is 2. The highest BCUT2D eigenvalue weighted by atomic mass is 16.7. The van der Waals surface area contributed by atoms with Crippen LogP contribution in [0, 0.1) is 35.0 Å². The monoisotopic (exact) mass is 464 g/mol. The van der Waals surface area contributed by atoms with E-state index in [2.05, 4.69) is 34.3 Å². The van der Waals surface area contributed by atoms with Gasteiger partial charge in [-0.1, -0.05) is 32.4 Å². The average Bonchev–Trinajstić information content (AvgIpc) is 3.30. The summed E-state index contributed by atoms with van der Waals surface area (Å²) < 4.78 is 22.4. The highest BCUT2D eigenvalue weighted by Crippen LogP contribution is 2.56. The van der Waals surface area contributed by atoms with E-state index in [4.69, 9.17) is 18.9 Å². The molecule has 2 rings (SSSR count). The largest absolute Gasteiger partial charge is 0.462 e. The number of carbonyl (C=O) groups excluding carboxylic acids is 2. The minimum atomic E-state index is -0.732. The standard InChI is InChI=1S/C27H44O6/c1-9-19(4)22-11-14-27(16-30-7,33-17-31-8)24(22)25(29)26(6)13-10-21(18(2)3)23(26)12-15-32-20(5)28/h9,12,18-19,21-22,24H,1,10-11,13-17H2,2-8H3/b23-12+/t19-,21?,22-,24+,26-,27-/m0/s1. The summed E-state index contributed by atoms with van der Waals surface area (Å²) in [4.78, 5) is 25.9. The van der Waals surface area contributed by atoms with Gasteiger partial charge in [0.25, 0.3) is 0 Å². The first kappa shape index (κ1) is 27.7. The number of Topliss-reactive ketones (excluding diaryl/α,β-unsaturated/α-hetero) is 1. The van der Waals surface area contributed by atoms with Gasteiger partial charge in [-0.15, -0.1) is 6.58 Å². The molecule has 0 radical (unpaired) electrons. The molecule has 0 aromatic carbocycles. The number of ketones is 1. The number of methoxy groups -OCH3 is 2. The SMILES string of the molecule is C=C[C@H](C)[C@@H]1CC[C@@](COC)(OCOC)[C@H]1C(=O)[C@@]1(C)CCC(C(C)C)/C1=C\COC(C)=O. The van der Waals surface area contributed by atoms with Crippen LogP contribution >= 0.6 is 0 Å². The number of rotatable bonds is 12. The van der Waals surface area contributed by atoms with Gasteiger partial charge in [0, 0.05) is 26.6 Å². The zero-order valence-corrected chi connectivity index (χ0v) is 21.6. The molecule has 6 atom stereocenters. The van der Waals surface area contributed by atoms with E-state index in [0.717, 1.165) is 31.3 Å². The minimum absolute atomic E-state index is 0.114. The normalized spacial score (nSPS) is 34.1. The number of hydrogen-bond acceptors (Lipinski definition) is 6. The molecule has 6 nitrogen and oxygen atoms in total. The van der Waals surface area contributed by atoms with Crippen LogP contribution in [0.2, 0.25) is 0 Å². The lowest BCUT2D eigenvalue weighted by molar-refractivity contribution is -0.182. The zero-order valence-electron chi connectivity index (χ0n) is 21.6. The Kier molecular flexibility index (Phi) is 9.89. The molecule has 0 amide bonds. The van der Waals surface area contributed by atoms with Gasteiger partial charge in [-0.05, 0) is 62.4 Å². The van der Waals surface area contributed by atoms with Gasteiger partial charge in [-0.2, -0.15) is 0 Å². The second kappa shape index (κ2) is 11.8. The molecule has 0 N–H and O–H groups in total. The Bertz CT molecular complexity index is 728. The first-order valence-corrected chi connectivity index (χ1v) is 12.2. The average molecular weight is 465 g/mol. The third kappa shape index (κ3) is 5.77. The zero-order chi connectivity index (χ0) is 24.8. The minimum Gasteiger partial charge on any atom is -0.462 e. The van der Waals surface area contributed by atoms with Crippen LogP contribution in [0.4, 0.5) is 0 Å². The van der Waals surface area contributed by atoms with Crippen LogP contribution in [0.5, 0.6) is 0 Å². The highest BCUT2D eigenvalue weighted by molar-refractivity contribution is 5.92. The topological polar surface area (TPSA) is 71.1 Å². The molecule has 188 valence electrons. The summed E-state index contributed by atoms with van der Waals surface area (Å²) in [5.74, 6) is 0.500. The van der Waals surface area contributed by atoms with E-state index < -0.39 is 11.0 Å². The summed E-state index contributed by atoms with van der Waals surface area (Å²) in [6, 6.07) is 0.